The van der Waals surface area contributed by atoms with Crippen LogP contribution < -0.4 is 5.73 Å². The molecule has 0 atom stereocenters. The monoisotopic (exact) mass is 249 g/mol. The van der Waals surface area contributed by atoms with Crippen molar-refractivity contribution in [3.05, 3.63) is 66.5 Å². The third kappa shape index (κ3) is 2.22. The standard InChI is InChI=1S/C16H15N3/c1-12-9-15(7-8-16(12)17)19-11-14(10-18-19)13-5-3-2-4-6-13/h2-11H,17H2,1H3. The van der Waals surface area contributed by atoms with Crippen LogP contribution in [0.4, 0.5) is 5.69 Å². The van der Waals surface area contributed by atoms with Gasteiger partial charge in [-0.3, -0.25) is 0 Å². The molecule has 0 fully saturated rings. The minimum Gasteiger partial charge on any atom is -0.399 e. The van der Waals surface area contributed by atoms with E-state index >= 15 is 0 Å². The van der Waals surface area contributed by atoms with Crippen LogP contribution in [0.3, 0.4) is 0 Å². The van der Waals surface area contributed by atoms with Crippen LogP contribution in [0.5, 0.6) is 0 Å². The van der Waals surface area contributed by atoms with Gasteiger partial charge < -0.3 is 5.73 Å². The van der Waals surface area contributed by atoms with Gasteiger partial charge in [0.15, 0.2) is 0 Å². The summed E-state index contributed by atoms with van der Waals surface area (Å²) < 4.78 is 1.87. The summed E-state index contributed by atoms with van der Waals surface area (Å²) in [7, 11) is 0. The zero-order valence-electron chi connectivity index (χ0n) is 10.7. The first-order valence-electron chi connectivity index (χ1n) is 6.20. The van der Waals surface area contributed by atoms with Crippen LogP contribution in [0.2, 0.25) is 0 Å². The molecule has 3 aromatic rings. The third-order valence-corrected chi connectivity index (χ3v) is 3.21. The van der Waals surface area contributed by atoms with Gasteiger partial charge in [-0.2, -0.15) is 5.10 Å². The Morgan fingerprint density at radius 3 is 2.53 bits per heavy atom. The summed E-state index contributed by atoms with van der Waals surface area (Å²) in [5.74, 6) is 0. The fourth-order valence-electron chi connectivity index (χ4n) is 2.05. The van der Waals surface area contributed by atoms with E-state index in [1.165, 1.54) is 5.56 Å². The highest BCUT2D eigenvalue weighted by Crippen LogP contribution is 2.21. The average Bonchev–Trinajstić information content (AvgIpc) is 2.93. The van der Waals surface area contributed by atoms with E-state index < -0.39 is 0 Å². The Bertz CT molecular complexity index is 699. The number of aryl methyl sites for hydroxylation is 1. The highest BCUT2D eigenvalue weighted by atomic mass is 15.3. The number of nitrogens with zero attached hydrogens (tertiary/aromatic N) is 2. The van der Waals surface area contributed by atoms with Gasteiger partial charge in [-0.1, -0.05) is 30.3 Å². The van der Waals surface area contributed by atoms with Crippen molar-refractivity contribution < 1.29 is 0 Å². The second-order valence-corrected chi connectivity index (χ2v) is 4.58. The van der Waals surface area contributed by atoms with Gasteiger partial charge in [0.1, 0.15) is 0 Å². The number of hydrogen-bond donors (Lipinski definition) is 1. The molecule has 3 nitrogen and oxygen atoms in total. The van der Waals surface area contributed by atoms with Crippen LogP contribution in [-0.2, 0) is 0 Å². The Morgan fingerprint density at radius 2 is 1.79 bits per heavy atom. The van der Waals surface area contributed by atoms with E-state index in [0.717, 1.165) is 22.5 Å². The van der Waals surface area contributed by atoms with E-state index in [4.69, 9.17) is 5.73 Å². The number of aromatic nitrogens is 2. The molecule has 0 amide bonds. The minimum absolute atomic E-state index is 0.805. The van der Waals surface area contributed by atoms with Crippen molar-refractivity contribution in [2.75, 3.05) is 5.73 Å². The number of benzene rings is 2. The van der Waals surface area contributed by atoms with E-state index in [2.05, 4.69) is 17.2 Å². The summed E-state index contributed by atoms with van der Waals surface area (Å²) in [5, 5.41) is 4.41. The van der Waals surface area contributed by atoms with Gasteiger partial charge in [-0.15, -0.1) is 0 Å². The van der Waals surface area contributed by atoms with E-state index in [1.54, 1.807) is 0 Å². The van der Waals surface area contributed by atoms with Gasteiger partial charge >= 0.3 is 0 Å². The summed E-state index contributed by atoms with van der Waals surface area (Å²) in [6, 6.07) is 16.2. The zero-order chi connectivity index (χ0) is 13.2. The van der Waals surface area contributed by atoms with Crippen molar-refractivity contribution in [2.24, 2.45) is 0 Å². The lowest BCUT2D eigenvalue weighted by Gasteiger charge is -2.04. The van der Waals surface area contributed by atoms with Gasteiger partial charge in [0.05, 0.1) is 11.9 Å². The Morgan fingerprint density at radius 1 is 1.00 bits per heavy atom. The maximum atomic E-state index is 5.83. The zero-order valence-corrected chi connectivity index (χ0v) is 10.7. The maximum absolute atomic E-state index is 5.83. The molecule has 0 bridgehead atoms. The molecule has 0 radical (unpaired) electrons. The third-order valence-electron chi connectivity index (χ3n) is 3.21. The lowest BCUT2D eigenvalue weighted by atomic mass is 10.1. The number of hydrogen-bond acceptors (Lipinski definition) is 2. The largest absolute Gasteiger partial charge is 0.399 e. The molecule has 3 rings (SSSR count). The molecule has 0 saturated heterocycles. The molecule has 19 heavy (non-hydrogen) atoms. The lowest BCUT2D eigenvalue weighted by molar-refractivity contribution is 0.879. The molecule has 1 heterocycles. The Kier molecular flexibility index (Phi) is 2.80. The number of anilines is 1. The van der Waals surface area contributed by atoms with Crippen LogP contribution in [-0.4, -0.2) is 9.78 Å². The minimum atomic E-state index is 0.805. The van der Waals surface area contributed by atoms with Crippen LogP contribution in [0.15, 0.2) is 60.9 Å². The Hall–Kier alpha value is -2.55. The van der Waals surface area contributed by atoms with Gasteiger partial charge in [-0.05, 0) is 36.2 Å². The van der Waals surface area contributed by atoms with Crippen LogP contribution in [0, 0.1) is 6.92 Å². The molecule has 0 aliphatic rings. The molecule has 3 heteroatoms. The first-order chi connectivity index (χ1) is 9.24. The van der Waals surface area contributed by atoms with Gasteiger partial charge in [0.2, 0.25) is 0 Å². The van der Waals surface area contributed by atoms with Crippen molar-refractivity contribution in [3.63, 3.8) is 0 Å². The van der Waals surface area contributed by atoms with Gasteiger partial charge in [-0.25, -0.2) is 4.68 Å². The first-order valence-corrected chi connectivity index (χ1v) is 6.20. The van der Waals surface area contributed by atoms with Crippen molar-refractivity contribution in [1.82, 2.24) is 9.78 Å². The van der Waals surface area contributed by atoms with Crippen molar-refractivity contribution in [3.8, 4) is 16.8 Å². The molecule has 2 N–H and O–H groups in total. The maximum Gasteiger partial charge on any atom is 0.0649 e. The predicted molar refractivity (Wildman–Crippen MR) is 78.1 cm³/mol. The summed E-state index contributed by atoms with van der Waals surface area (Å²) in [4.78, 5) is 0. The topological polar surface area (TPSA) is 43.8 Å². The normalized spacial score (nSPS) is 10.6. The summed E-state index contributed by atoms with van der Waals surface area (Å²) in [6.07, 6.45) is 3.90. The van der Waals surface area contributed by atoms with Gasteiger partial charge in [0, 0.05) is 17.4 Å². The Balaban J connectivity index is 1.99. The molecule has 2 aromatic carbocycles. The number of rotatable bonds is 2. The average molecular weight is 249 g/mol. The number of nitrogen functional groups attached to an aromatic ring is 1. The van der Waals surface area contributed by atoms with Crippen molar-refractivity contribution in [1.29, 1.82) is 0 Å². The summed E-state index contributed by atoms with van der Waals surface area (Å²) in [6.45, 7) is 2.00. The molecular weight excluding hydrogens is 234 g/mol. The quantitative estimate of drug-likeness (QED) is 0.707. The van der Waals surface area contributed by atoms with Crippen molar-refractivity contribution >= 4 is 5.69 Å². The van der Waals surface area contributed by atoms with Crippen LogP contribution in [0.25, 0.3) is 16.8 Å². The molecule has 0 aliphatic heterocycles. The van der Waals surface area contributed by atoms with Crippen molar-refractivity contribution in [2.45, 2.75) is 6.92 Å². The summed E-state index contributed by atoms with van der Waals surface area (Å²) in [5.41, 5.74) is 11.0. The first kappa shape index (κ1) is 11.5. The predicted octanol–water partition coefficient (Wildman–Crippen LogP) is 3.43. The van der Waals surface area contributed by atoms with E-state index in [0.29, 0.717) is 0 Å². The van der Waals surface area contributed by atoms with Crippen LogP contribution >= 0.6 is 0 Å². The van der Waals surface area contributed by atoms with Gasteiger partial charge in [0.25, 0.3) is 0 Å². The Labute approximate surface area is 112 Å². The van der Waals surface area contributed by atoms with E-state index in [1.807, 2.05) is 60.4 Å². The van der Waals surface area contributed by atoms with Crippen LogP contribution in [0.1, 0.15) is 5.56 Å². The SMILES string of the molecule is Cc1cc(-n2cc(-c3ccccc3)cn2)ccc1N. The highest BCUT2D eigenvalue weighted by molar-refractivity contribution is 5.62. The lowest BCUT2D eigenvalue weighted by Crippen LogP contribution is -1.96. The molecule has 1 aromatic heterocycles. The summed E-state index contributed by atoms with van der Waals surface area (Å²) >= 11 is 0. The molecule has 0 spiro atoms. The van der Waals surface area contributed by atoms with E-state index in [9.17, 15) is 0 Å². The second-order valence-electron chi connectivity index (χ2n) is 4.58. The second kappa shape index (κ2) is 4.61. The van der Waals surface area contributed by atoms with E-state index in [-0.39, 0.29) is 0 Å². The number of nitrogens with two attached hydrogens (primary N) is 1. The smallest absolute Gasteiger partial charge is 0.0649 e. The molecule has 94 valence electrons. The molecular formula is C16H15N3. The highest BCUT2D eigenvalue weighted by Gasteiger charge is 2.04. The molecule has 0 unspecified atom stereocenters. The fourth-order valence-corrected chi connectivity index (χ4v) is 2.05. The molecule has 0 saturated carbocycles. The molecule has 0 aliphatic carbocycles. The fraction of sp³-hybridized carbons (Fsp3) is 0.0625.